The Kier molecular flexibility index (Phi) is 8.34. The van der Waals surface area contributed by atoms with E-state index in [9.17, 15) is 20.0 Å². The molecule has 9 nitrogen and oxygen atoms in total. The van der Waals surface area contributed by atoms with Crippen LogP contribution in [0.4, 0.5) is 5.69 Å². The largest absolute Gasteiger partial charge is 0.491 e. The lowest BCUT2D eigenvalue weighted by molar-refractivity contribution is -0.384. The second-order valence-corrected chi connectivity index (χ2v) is 7.56. The van der Waals surface area contributed by atoms with Gasteiger partial charge in [-0.3, -0.25) is 24.7 Å². The maximum atomic E-state index is 12.2. The summed E-state index contributed by atoms with van der Waals surface area (Å²) < 4.78 is 5.49. The summed E-state index contributed by atoms with van der Waals surface area (Å²) in [7, 11) is 0. The van der Waals surface area contributed by atoms with Crippen LogP contribution in [-0.2, 0) is 11.3 Å². The van der Waals surface area contributed by atoms with E-state index < -0.39 is 11.0 Å². The number of ether oxygens (including phenoxy) is 1. The zero-order valence-electron chi connectivity index (χ0n) is 17.4. The Morgan fingerprint density at radius 3 is 2.52 bits per heavy atom. The summed E-state index contributed by atoms with van der Waals surface area (Å²) in [5.74, 6) is 0.363. The van der Waals surface area contributed by atoms with Crippen LogP contribution in [0.1, 0.15) is 5.56 Å². The van der Waals surface area contributed by atoms with E-state index in [-0.39, 0.29) is 18.2 Å². The van der Waals surface area contributed by atoms with Crippen molar-refractivity contribution in [3.8, 4) is 5.75 Å². The first-order valence-electron chi connectivity index (χ1n) is 10.3. The first-order chi connectivity index (χ1) is 15.0. The molecule has 0 saturated carbocycles. The van der Waals surface area contributed by atoms with Gasteiger partial charge in [0.1, 0.15) is 18.5 Å². The number of aliphatic hydroxyl groups excluding tert-OH is 1. The summed E-state index contributed by atoms with van der Waals surface area (Å²) in [5, 5.41) is 24.0. The fourth-order valence-corrected chi connectivity index (χ4v) is 3.42. The molecule has 1 fully saturated rings. The Labute approximate surface area is 181 Å². The summed E-state index contributed by atoms with van der Waals surface area (Å²) in [6.45, 7) is 4.38. The molecule has 166 valence electrons. The number of nitrogens with zero attached hydrogens (tertiary/aromatic N) is 3. The standard InChI is InChI=1S/C22H28N4O5/c27-20(17-31-21-8-4-7-19(13-21)26(29)30)15-24-9-11-25(12-10-24)16-22(28)23-14-18-5-2-1-3-6-18/h1-8,13,20,27H,9-12,14-17H2,(H,23,28)/t20-/m0/s1. The van der Waals surface area contributed by atoms with Crippen molar-refractivity contribution in [3.63, 3.8) is 0 Å². The molecule has 1 heterocycles. The van der Waals surface area contributed by atoms with Crippen LogP contribution in [0.5, 0.6) is 5.75 Å². The number of benzene rings is 2. The molecule has 0 spiro atoms. The van der Waals surface area contributed by atoms with Gasteiger partial charge in [-0.05, 0) is 11.6 Å². The van der Waals surface area contributed by atoms with Gasteiger partial charge < -0.3 is 15.2 Å². The third kappa shape index (κ3) is 7.63. The lowest BCUT2D eigenvalue weighted by Crippen LogP contribution is -2.51. The van der Waals surface area contributed by atoms with Gasteiger partial charge in [-0.1, -0.05) is 36.4 Å². The van der Waals surface area contributed by atoms with Crippen LogP contribution in [0.25, 0.3) is 0 Å². The number of β-amino-alcohol motifs (C(OH)–C–C–N with tert-alkyl or cyclic N) is 1. The van der Waals surface area contributed by atoms with Crippen molar-refractivity contribution in [3.05, 3.63) is 70.3 Å². The fourth-order valence-electron chi connectivity index (χ4n) is 3.42. The number of nitro benzene ring substituents is 1. The Balaban J connectivity index is 1.32. The highest BCUT2D eigenvalue weighted by Crippen LogP contribution is 2.19. The number of carbonyl (C=O) groups excluding carboxylic acids is 1. The second kappa shape index (κ2) is 11.4. The quantitative estimate of drug-likeness (QED) is 0.433. The van der Waals surface area contributed by atoms with Crippen LogP contribution in [-0.4, -0.2) is 77.7 Å². The molecular formula is C22H28N4O5. The van der Waals surface area contributed by atoms with Crippen LogP contribution in [0.15, 0.2) is 54.6 Å². The normalized spacial score (nSPS) is 15.9. The topological polar surface area (TPSA) is 108 Å². The van der Waals surface area contributed by atoms with Crippen molar-refractivity contribution >= 4 is 11.6 Å². The monoisotopic (exact) mass is 428 g/mol. The number of amides is 1. The SMILES string of the molecule is O=C(CN1CCN(C[C@H](O)COc2cccc([N+](=O)[O-])c2)CC1)NCc1ccccc1. The molecule has 1 aliphatic heterocycles. The van der Waals surface area contributed by atoms with E-state index in [0.29, 0.717) is 25.4 Å². The summed E-state index contributed by atoms with van der Waals surface area (Å²) in [4.78, 5) is 26.7. The summed E-state index contributed by atoms with van der Waals surface area (Å²) in [6, 6.07) is 15.7. The second-order valence-electron chi connectivity index (χ2n) is 7.56. The highest BCUT2D eigenvalue weighted by molar-refractivity contribution is 5.78. The lowest BCUT2D eigenvalue weighted by atomic mass is 10.2. The molecule has 3 rings (SSSR count). The third-order valence-corrected chi connectivity index (χ3v) is 5.10. The van der Waals surface area contributed by atoms with Crippen LogP contribution >= 0.6 is 0 Å². The average molecular weight is 428 g/mol. The molecule has 1 saturated heterocycles. The van der Waals surface area contributed by atoms with Crippen molar-refractivity contribution in [2.75, 3.05) is 45.9 Å². The summed E-state index contributed by atoms with van der Waals surface area (Å²) in [5.41, 5.74) is 1.03. The predicted octanol–water partition coefficient (Wildman–Crippen LogP) is 1.27. The maximum absolute atomic E-state index is 12.2. The van der Waals surface area contributed by atoms with E-state index >= 15 is 0 Å². The molecule has 1 aliphatic rings. The van der Waals surface area contributed by atoms with Crippen molar-refractivity contribution in [1.29, 1.82) is 0 Å². The van der Waals surface area contributed by atoms with E-state index in [1.54, 1.807) is 12.1 Å². The number of nitrogens with one attached hydrogen (secondary N) is 1. The van der Waals surface area contributed by atoms with Gasteiger partial charge in [-0.15, -0.1) is 0 Å². The number of carbonyl (C=O) groups is 1. The summed E-state index contributed by atoms with van der Waals surface area (Å²) >= 11 is 0. The van der Waals surface area contributed by atoms with Gasteiger partial charge in [-0.25, -0.2) is 0 Å². The minimum atomic E-state index is -0.708. The van der Waals surface area contributed by atoms with Crippen LogP contribution < -0.4 is 10.1 Å². The van der Waals surface area contributed by atoms with Gasteiger partial charge in [-0.2, -0.15) is 0 Å². The first-order valence-corrected chi connectivity index (χ1v) is 10.3. The Hall–Kier alpha value is -3.01. The number of hydrogen-bond donors (Lipinski definition) is 2. The van der Waals surface area contributed by atoms with Crippen LogP contribution in [0.2, 0.25) is 0 Å². The molecule has 2 aromatic carbocycles. The van der Waals surface area contributed by atoms with Crippen molar-refractivity contribution in [2.45, 2.75) is 12.6 Å². The third-order valence-electron chi connectivity index (χ3n) is 5.10. The number of hydrogen-bond acceptors (Lipinski definition) is 7. The number of rotatable bonds is 10. The van der Waals surface area contributed by atoms with Crippen LogP contribution in [0.3, 0.4) is 0 Å². The number of piperazine rings is 1. The highest BCUT2D eigenvalue weighted by atomic mass is 16.6. The van der Waals surface area contributed by atoms with Gasteiger partial charge in [0, 0.05) is 45.3 Å². The average Bonchev–Trinajstić information content (AvgIpc) is 2.78. The zero-order chi connectivity index (χ0) is 22.1. The van der Waals surface area contributed by atoms with E-state index in [0.717, 1.165) is 31.7 Å². The summed E-state index contributed by atoms with van der Waals surface area (Å²) in [6.07, 6.45) is -0.708. The minimum absolute atomic E-state index is 0.00249. The van der Waals surface area contributed by atoms with Gasteiger partial charge in [0.05, 0.1) is 17.5 Å². The maximum Gasteiger partial charge on any atom is 0.273 e. The Bertz CT molecular complexity index is 856. The molecule has 0 aromatic heterocycles. The molecular weight excluding hydrogens is 400 g/mol. The highest BCUT2D eigenvalue weighted by Gasteiger charge is 2.21. The molecule has 31 heavy (non-hydrogen) atoms. The number of aliphatic hydroxyl groups is 1. The minimum Gasteiger partial charge on any atom is -0.491 e. The van der Waals surface area contributed by atoms with Crippen LogP contribution in [0, 0.1) is 10.1 Å². The van der Waals surface area contributed by atoms with Crippen molar-refractivity contribution in [2.24, 2.45) is 0 Å². The molecule has 0 radical (unpaired) electrons. The van der Waals surface area contributed by atoms with E-state index in [4.69, 9.17) is 4.74 Å². The molecule has 0 unspecified atom stereocenters. The van der Waals surface area contributed by atoms with Crippen molar-refractivity contribution in [1.82, 2.24) is 15.1 Å². The molecule has 2 aromatic rings. The van der Waals surface area contributed by atoms with Crippen molar-refractivity contribution < 1.29 is 19.6 Å². The zero-order valence-corrected chi connectivity index (χ0v) is 17.4. The number of nitro groups is 1. The molecule has 0 aliphatic carbocycles. The van der Waals surface area contributed by atoms with E-state index in [1.807, 2.05) is 30.3 Å². The number of non-ortho nitro benzene ring substituents is 1. The molecule has 9 heteroatoms. The van der Waals surface area contributed by atoms with E-state index in [1.165, 1.54) is 12.1 Å². The predicted molar refractivity (Wildman–Crippen MR) is 116 cm³/mol. The Morgan fingerprint density at radius 2 is 1.81 bits per heavy atom. The first kappa shape index (κ1) is 22.7. The fraction of sp³-hybridized carbons (Fsp3) is 0.409. The lowest BCUT2D eigenvalue weighted by Gasteiger charge is -2.35. The molecule has 1 atom stereocenters. The molecule has 0 bridgehead atoms. The van der Waals surface area contributed by atoms with E-state index in [2.05, 4.69) is 15.1 Å². The van der Waals surface area contributed by atoms with Gasteiger partial charge in [0.15, 0.2) is 0 Å². The van der Waals surface area contributed by atoms with Gasteiger partial charge in [0.2, 0.25) is 5.91 Å². The molecule has 1 amide bonds. The Morgan fingerprint density at radius 1 is 1.10 bits per heavy atom. The molecule has 2 N–H and O–H groups in total. The van der Waals surface area contributed by atoms with Gasteiger partial charge >= 0.3 is 0 Å². The smallest absolute Gasteiger partial charge is 0.273 e. The van der Waals surface area contributed by atoms with Gasteiger partial charge in [0.25, 0.3) is 5.69 Å².